The molecule has 0 heterocycles. The molecule has 136 valence electrons. The molecule has 6 nitrogen and oxygen atoms in total. The van der Waals surface area contributed by atoms with Crippen molar-refractivity contribution in [3.05, 3.63) is 64.7 Å². The van der Waals surface area contributed by atoms with Crippen molar-refractivity contribution in [1.82, 2.24) is 5.48 Å². The molecule has 0 aromatic heterocycles. The fourth-order valence-electron chi connectivity index (χ4n) is 3.11. The summed E-state index contributed by atoms with van der Waals surface area (Å²) in [5.74, 6) is -1.23. The van der Waals surface area contributed by atoms with Crippen molar-refractivity contribution in [2.24, 2.45) is 5.92 Å². The van der Waals surface area contributed by atoms with Crippen LogP contribution in [0.4, 0.5) is 0 Å². The van der Waals surface area contributed by atoms with E-state index in [1.165, 1.54) is 7.11 Å². The Labute approximate surface area is 155 Å². The predicted octanol–water partition coefficient (Wildman–Crippen LogP) is 2.86. The van der Waals surface area contributed by atoms with Gasteiger partial charge in [-0.05, 0) is 41.8 Å². The molecule has 1 saturated carbocycles. The first-order valence-corrected chi connectivity index (χ1v) is 8.39. The molecule has 0 radical (unpaired) electrons. The second-order valence-electron chi connectivity index (χ2n) is 6.14. The molecule has 2 N–H and O–H groups in total. The zero-order valence-corrected chi connectivity index (χ0v) is 14.8. The van der Waals surface area contributed by atoms with Crippen molar-refractivity contribution in [3.8, 4) is 5.75 Å². The van der Waals surface area contributed by atoms with Crippen LogP contribution in [0.2, 0.25) is 5.02 Å². The largest absolute Gasteiger partial charge is 0.489 e. The SMILES string of the molecule is COC(=O)[C@]1(c2cccc(OCc3ccc(Cl)cc3)c2)C[C@H]1C(=O)NO. The van der Waals surface area contributed by atoms with Crippen LogP contribution >= 0.6 is 11.6 Å². The smallest absolute Gasteiger partial charge is 0.317 e. The number of amides is 1. The molecule has 0 unspecified atom stereocenters. The number of hydrogen-bond donors (Lipinski definition) is 2. The average Bonchev–Trinajstić information content (AvgIpc) is 3.43. The molecule has 1 amide bonds. The summed E-state index contributed by atoms with van der Waals surface area (Å²) >= 11 is 5.87. The lowest BCUT2D eigenvalue weighted by atomic mass is 9.92. The van der Waals surface area contributed by atoms with Gasteiger partial charge in [-0.2, -0.15) is 0 Å². The van der Waals surface area contributed by atoms with Crippen LogP contribution in [0.15, 0.2) is 48.5 Å². The molecule has 0 bridgehead atoms. The normalized spacial score (nSPS) is 21.0. The number of carbonyl (C=O) groups excluding carboxylic acids is 2. The minimum Gasteiger partial charge on any atom is -0.489 e. The highest BCUT2D eigenvalue weighted by Gasteiger charge is 2.65. The van der Waals surface area contributed by atoms with Gasteiger partial charge in [-0.25, -0.2) is 5.48 Å². The summed E-state index contributed by atoms with van der Waals surface area (Å²) in [7, 11) is 1.27. The molecule has 3 rings (SSSR count). The van der Waals surface area contributed by atoms with Crippen molar-refractivity contribution in [1.29, 1.82) is 0 Å². The van der Waals surface area contributed by atoms with E-state index >= 15 is 0 Å². The Balaban J connectivity index is 1.80. The summed E-state index contributed by atoms with van der Waals surface area (Å²) < 4.78 is 10.7. The van der Waals surface area contributed by atoms with E-state index in [1.807, 2.05) is 12.1 Å². The number of benzene rings is 2. The molecule has 0 aliphatic heterocycles. The van der Waals surface area contributed by atoms with Gasteiger partial charge >= 0.3 is 5.97 Å². The fraction of sp³-hybridized carbons (Fsp3) is 0.263. The van der Waals surface area contributed by atoms with Crippen molar-refractivity contribution >= 4 is 23.5 Å². The average molecular weight is 376 g/mol. The van der Waals surface area contributed by atoms with Gasteiger partial charge in [-0.3, -0.25) is 14.8 Å². The highest BCUT2D eigenvalue weighted by molar-refractivity contribution is 6.30. The van der Waals surface area contributed by atoms with Crippen molar-refractivity contribution in [3.63, 3.8) is 0 Å². The highest BCUT2D eigenvalue weighted by atomic mass is 35.5. The Morgan fingerprint density at radius 2 is 2.00 bits per heavy atom. The number of nitrogens with one attached hydrogen (secondary N) is 1. The van der Waals surface area contributed by atoms with Crippen LogP contribution in [0.1, 0.15) is 17.5 Å². The molecule has 0 spiro atoms. The van der Waals surface area contributed by atoms with Crippen LogP contribution in [0, 0.1) is 5.92 Å². The molecule has 0 saturated heterocycles. The van der Waals surface area contributed by atoms with Gasteiger partial charge in [0.05, 0.1) is 13.0 Å². The topological polar surface area (TPSA) is 84.9 Å². The first-order chi connectivity index (χ1) is 12.5. The van der Waals surface area contributed by atoms with Crippen molar-refractivity contribution < 1.29 is 24.3 Å². The van der Waals surface area contributed by atoms with E-state index in [0.29, 0.717) is 22.9 Å². The van der Waals surface area contributed by atoms with Gasteiger partial charge in [0.1, 0.15) is 17.8 Å². The molecule has 2 aromatic rings. The van der Waals surface area contributed by atoms with Crippen molar-refractivity contribution in [2.45, 2.75) is 18.4 Å². The number of rotatable bonds is 6. The number of methoxy groups -OCH3 is 1. The predicted molar refractivity (Wildman–Crippen MR) is 94.0 cm³/mol. The third-order valence-electron chi connectivity index (χ3n) is 4.61. The lowest BCUT2D eigenvalue weighted by Crippen LogP contribution is -2.31. The maximum Gasteiger partial charge on any atom is 0.317 e. The Kier molecular flexibility index (Phi) is 5.15. The zero-order valence-electron chi connectivity index (χ0n) is 14.1. The van der Waals surface area contributed by atoms with Gasteiger partial charge in [0.2, 0.25) is 5.91 Å². The molecule has 2 aromatic carbocycles. The van der Waals surface area contributed by atoms with E-state index in [4.69, 9.17) is 26.3 Å². The van der Waals surface area contributed by atoms with Crippen LogP contribution < -0.4 is 10.2 Å². The molecule has 1 fully saturated rings. The number of hydroxylamine groups is 1. The maximum absolute atomic E-state index is 12.3. The molecule has 1 aliphatic rings. The third-order valence-corrected chi connectivity index (χ3v) is 4.86. The lowest BCUT2D eigenvalue weighted by Gasteiger charge is -2.16. The van der Waals surface area contributed by atoms with E-state index in [1.54, 1.807) is 41.9 Å². The summed E-state index contributed by atoms with van der Waals surface area (Å²) in [4.78, 5) is 24.1. The van der Waals surface area contributed by atoms with E-state index in [-0.39, 0.29) is 6.42 Å². The van der Waals surface area contributed by atoms with Gasteiger partial charge < -0.3 is 9.47 Å². The van der Waals surface area contributed by atoms with E-state index in [2.05, 4.69) is 0 Å². The molecular weight excluding hydrogens is 358 g/mol. The number of halogens is 1. The second kappa shape index (κ2) is 7.35. The van der Waals surface area contributed by atoms with Gasteiger partial charge in [0.15, 0.2) is 0 Å². The van der Waals surface area contributed by atoms with E-state index in [9.17, 15) is 9.59 Å². The molecule has 26 heavy (non-hydrogen) atoms. The zero-order chi connectivity index (χ0) is 18.7. The van der Waals surface area contributed by atoms with Crippen LogP contribution in [-0.2, 0) is 26.3 Å². The minimum absolute atomic E-state index is 0.271. The summed E-state index contributed by atoms with van der Waals surface area (Å²) in [5, 5.41) is 9.53. The van der Waals surface area contributed by atoms with Gasteiger partial charge in [0, 0.05) is 5.02 Å². The number of esters is 1. The van der Waals surface area contributed by atoms with Crippen LogP contribution in [0.5, 0.6) is 5.75 Å². The lowest BCUT2D eigenvalue weighted by molar-refractivity contribution is -0.146. The minimum atomic E-state index is -1.10. The van der Waals surface area contributed by atoms with Gasteiger partial charge in [0.25, 0.3) is 0 Å². The van der Waals surface area contributed by atoms with Crippen LogP contribution in [-0.4, -0.2) is 24.2 Å². The molecular formula is C19H18ClNO5. The Morgan fingerprint density at radius 3 is 2.65 bits per heavy atom. The Morgan fingerprint density at radius 1 is 1.27 bits per heavy atom. The second-order valence-corrected chi connectivity index (χ2v) is 6.58. The van der Waals surface area contributed by atoms with Crippen LogP contribution in [0.3, 0.4) is 0 Å². The maximum atomic E-state index is 12.3. The standard InChI is InChI=1S/C19H18ClNO5/c1-25-18(23)19(10-16(19)17(22)21-24)13-3-2-4-15(9-13)26-11-12-5-7-14(20)8-6-12/h2-9,16,24H,10-11H2,1H3,(H,21,22)/t16-,19-/m0/s1. The highest BCUT2D eigenvalue weighted by Crippen LogP contribution is 2.55. The van der Waals surface area contributed by atoms with Crippen LogP contribution in [0.25, 0.3) is 0 Å². The quantitative estimate of drug-likeness (QED) is 0.460. The summed E-state index contributed by atoms with van der Waals surface area (Å²) in [6.07, 6.45) is 0.271. The van der Waals surface area contributed by atoms with Gasteiger partial charge in [-0.1, -0.05) is 35.9 Å². The monoisotopic (exact) mass is 375 g/mol. The van der Waals surface area contributed by atoms with E-state index in [0.717, 1.165) is 5.56 Å². The Hall–Kier alpha value is -2.57. The van der Waals surface area contributed by atoms with Gasteiger partial charge in [-0.15, -0.1) is 0 Å². The fourth-order valence-corrected chi connectivity index (χ4v) is 3.24. The van der Waals surface area contributed by atoms with Crippen molar-refractivity contribution in [2.75, 3.05) is 7.11 Å². The molecule has 7 heteroatoms. The summed E-state index contributed by atoms with van der Waals surface area (Å²) in [5.41, 5.74) is 2.08. The summed E-state index contributed by atoms with van der Waals surface area (Å²) in [6, 6.07) is 14.3. The Bertz CT molecular complexity index is 823. The molecule has 1 aliphatic carbocycles. The summed E-state index contributed by atoms with van der Waals surface area (Å²) in [6.45, 7) is 0.340. The number of hydrogen-bond acceptors (Lipinski definition) is 5. The first-order valence-electron chi connectivity index (χ1n) is 8.01. The van der Waals surface area contributed by atoms with E-state index < -0.39 is 23.2 Å². The molecule has 2 atom stereocenters. The third kappa shape index (κ3) is 3.38. The number of ether oxygens (including phenoxy) is 2. The number of carbonyl (C=O) groups is 2. The first kappa shape index (κ1) is 18.2.